The maximum Gasteiger partial charge on any atom is 0.242 e. The number of amides is 1. The number of halogens is 1. The summed E-state index contributed by atoms with van der Waals surface area (Å²) >= 11 is 5.82. The molecule has 20 heavy (non-hydrogen) atoms. The number of hydrogen-bond acceptors (Lipinski definition) is 4. The largest absolute Gasteiger partial charge is 0.350 e. The molecular weight excluding hydrogens is 276 g/mol. The topological polar surface area (TPSA) is 39.7 Å². The maximum atomic E-state index is 12.4. The van der Waals surface area contributed by atoms with Gasteiger partial charge in [-0.15, -0.1) is 0 Å². The Balaban J connectivity index is 1.95. The summed E-state index contributed by atoms with van der Waals surface area (Å²) in [4.78, 5) is 22.7. The van der Waals surface area contributed by atoms with Crippen LogP contribution in [-0.2, 0) is 4.79 Å². The Kier molecular flexibility index (Phi) is 4.83. The fourth-order valence-electron chi connectivity index (χ4n) is 2.48. The third-order valence-corrected chi connectivity index (χ3v) is 3.85. The molecule has 110 valence electrons. The van der Waals surface area contributed by atoms with Crippen molar-refractivity contribution in [2.75, 3.05) is 45.2 Å². The van der Waals surface area contributed by atoms with E-state index in [1.54, 1.807) is 12.3 Å². The highest BCUT2D eigenvalue weighted by Crippen LogP contribution is 2.14. The number of carbonyl (C=O) groups is 1. The molecule has 6 heteroatoms. The predicted molar refractivity (Wildman–Crippen MR) is 81.2 cm³/mol. The average molecular weight is 297 g/mol. The first-order valence-electron chi connectivity index (χ1n) is 6.78. The van der Waals surface area contributed by atoms with Crippen molar-refractivity contribution in [2.45, 2.75) is 13.0 Å². The van der Waals surface area contributed by atoms with E-state index in [0.29, 0.717) is 11.6 Å². The molecule has 1 aromatic heterocycles. The molecule has 5 nitrogen and oxygen atoms in total. The molecule has 0 N–H and O–H groups in total. The Morgan fingerprint density at radius 2 is 2.25 bits per heavy atom. The minimum Gasteiger partial charge on any atom is -0.350 e. The number of carbonyl (C=O) groups excluding carboxylic acids is 1. The van der Waals surface area contributed by atoms with Gasteiger partial charge in [0.1, 0.15) is 5.82 Å². The molecule has 0 unspecified atom stereocenters. The van der Waals surface area contributed by atoms with Crippen LogP contribution in [0.1, 0.15) is 6.92 Å². The quantitative estimate of drug-likeness (QED) is 0.844. The van der Waals surface area contributed by atoms with Crippen LogP contribution in [0.15, 0.2) is 18.3 Å². The standard InChI is InChI=1S/C14H21ClN4O/c1-11-9-17(2)6-7-19(11)14(20)10-18(3)13-5-4-12(15)8-16-13/h4-5,8,11H,6-7,9-10H2,1-3H3/t11-/m0/s1. The summed E-state index contributed by atoms with van der Waals surface area (Å²) in [5.74, 6) is 0.898. The molecule has 0 radical (unpaired) electrons. The van der Waals surface area contributed by atoms with E-state index in [4.69, 9.17) is 11.6 Å². The van der Waals surface area contributed by atoms with E-state index in [0.717, 1.165) is 25.5 Å². The molecule has 0 aliphatic carbocycles. The molecule has 1 aliphatic rings. The zero-order valence-corrected chi connectivity index (χ0v) is 13.0. The normalized spacial score (nSPS) is 20.0. The van der Waals surface area contributed by atoms with Crippen LogP contribution >= 0.6 is 11.6 Å². The summed E-state index contributed by atoms with van der Waals surface area (Å²) in [6.45, 7) is 5.07. The molecular formula is C14H21ClN4O. The lowest BCUT2D eigenvalue weighted by Gasteiger charge is -2.39. The Labute approximate surface area is 125 Å². The molecule has 1 aromatic rings. The summed E-state index contributed by atoms with van der Waals surface area (Å²) in [6, 6.07) is 3.86. The monoisotopic (exact) mass is 296 g/mol. The molecule has 2 heterocycles. The molecule has 2 rings (SSSR count). The van der Waals surface area contributed by atoms with E-state index in [1.165, 1.54) is 0 Å². The van der Waals surface area contributed by atoms with Crippen LogP contribution in [0.2, 0.25) is 5.02 Å². The van der Waals surface area contributed by atoms with Gasteiger partial charge < -0.3 is 14.7 Å². The number of rotatable bonds is 3. The van der Waals surface area contributed by atoms with E-state index in [-0.39, 0.29) is 11.9 Å². The second kappa shape index (κ2) is 6.41. The average Bonchev–Trinajstić information content (AvgIpc) is 2.39. The van der Waals surface area contributed by atoms with E-state index in [9.17, 15) is 4.79 Å². The number of anilines is 1. The lowest BCUT2D eigenvalue weighted by atomic mass is 10.2. The Morgan fingerprint density at radius 1 is 1.50 bits per heavy atom. The van der Waals surface area contributed by atoms with Crippen LogP contribution in [0.5, 0.6) is 0 Å². The summed E-state index contributed by atoms with van der Waals surface area (Å²) in [7, 11) is 3.96. The highest BCUT2D eigenvalue weighted by molar-refractivity contribution is 6.30. The maximum absolute atomic E-state index is 12.4. The van der Waals surface area contributed by atoms with Crippen LogP contribution in [0, 0.1) is 0 Å². The van der Waals surface area contributed by atoms with Crippen LogP contribution in [0.4, 0.5) is 5.82 Å². The SMILES string of the molecule is C[C@H]1CN(C)CCN1C(=O)CN(C)c1ccc(Cl)cn1. The van der Waals surface area contributed by atoms with Crippen LogP contribution in [0.25, 0.3) is 0 Å². The first kappa shape index (κ1) is 15.1. The van der Waals surface area contributed by atoms with Crippen molar-refractivity contribution in [1.29, 1.82) is 0 Å². The molecule has 0 spiro atoms. The number of hydrogen-bond donors (Lipinski definition) is 0. The molecule has 0 aromatic carbocycles. The Hall–Kier alpha value is -1.33. The van der Waals surface area contributed by atoms with Crippen molar-refractivity contribution in [2.24, 2.45) is 0 Å². The van der Waals surface area contributed by atoms with Gasteiger partial charge in [0.15, 0.2) is 0 Å². The molecule has 1 aliphatic heterocycles. The number of aromatic nitrogens is 1. The Morgan fingerprint density at radius 3 is 2.85 bits per heavy atom. The lowest BCUT2D eigenvalue weighted by molar-refractivity contribution is -0.133. The number of piperazine rings is 1. The lowest BCUT2D eigenvalue weighted by Crippen LogP contribution is -2.54. The Bertz CT molecular complexity index is 465. The summed E-state index contributed by atoms with van der Waals surface area (Å²) < 4.78 is 0. The molecule has 1 amide bonds. The first-order chi connectivity index (χ1) is 9.47. The van der Waals surface area contributed by atoms with Crippen molar-refractivity contribution in [3.05, 3.63) is 23.4 Å². The minimum absolute atomic E-state index is 0.143. The van der Waals surface area contributed by atoms with Crippen molar-refractivity contribution in [1.82, 2.24) is 14.8 Å². The molecule has 0 bridgehead atoms. The first-order valence-corrected chi connectivity index (χ1v) is 7.16. The third-order valence-electron chi connectivity index (χ3n) is 3.63. The van der Waals surface area contributed by atoms with E-state index in [2.05, 4.69) is 23.9 Å². The molecule has 0 saturated carbocycles. The van der Waals surface area contributed by atoms with Gasteiger partial charge in [-0.2, -0.15) is 0 Å². The number of pyridine rings is 1. The number of nitrogens with zero attached hydrogens (tertiary/aromatic N) is 4. The highest BCUT2D eigenvalue weighted by atomic mass is 35.5. The predicted octanol–water partition coefficient (Wildman–Crippen LogP) is 1.33. The van der Waals surface area contributed by atoms with Gasteiger partial charge in [-0.3, -0.25) is 4.79 Å². The van der Waals surface area contributed by atoms with Gasteiger partial charge in [-0.25, -0.2) is 4.98 Å². The second-order valence-electron chi connectivity index (χ2n) is 5.39. The van der Waals surface area contributed by atoms with Gasteiger partial charge in [0, 0.05) is 38.9 Å². The van der Waals surface area contributed by atoms with Crippen LogP contribution < -0.4 is 4.90 Å². The molecule has 1 atom stereocenters. The smallest absolute Gasteiger partial charge is 0.242 e. The summed E-state index contributed by atoms with van der Waals surface area (Å²) in [5.41, 5.74) is 0. The second-order valence-corrected chi connectivity index (χ2v) is 5.83. The van der Waals surface area contributed by atoms with Crippen molar-refractivity contribution < 1.29 is 4.79 Å². The van der Waals surface area contributed by atoms with Crippen LogP contribution in [-0.4, -0.2) is 67.0 Å². The molecule has 1 fully saturated rings. The van der Waals surface area contributed by atoms with E-state index in [1.807, 2.05) is 22.9 Å². The fourth-order valence-corrected chi connectivity index (χ4v) is 2.59. The van der Waals surface area contributed by atoms with Crippen LogP contribution in [0.3, 0.4) is 0 Å². The van der Waals surface area contributed by atoms with Gasteiger partial charge in [-0.1, -0.05) is 11.6 Å². The summed E-state index contributed by atoms with van der Waals surface area (Å²) in [6.07, 6.45) is 1.59. The van der Waals surface area contributed by atoms with E-state index < -0.39 is 0 Å². The van der Waals surface area contributed by atoms with Gasteiger partial charge in [0.05, 0.1) is 11.6 Å². The van der Waals surface area contributed by atoms with E-state index >= 15 is 0 Å². The van der Waals surface area contributed by atoms with Crippen molar-refractivity contribution >= 4 is 23.3 Å². The van der Waals surface area contributed by atoms with Gasteiger partial charge in [-0.05, 0) is 26.1 Å². The van der Waals surface area contributed by atoms with Gasteiger partial charge in [0.2, 0.25) is 5.91 Å². The zero-order chi connectivity index (χ0) is 14.7. The molecule has 1 saturated heterocycles. The van der Waals surface area contributed by atoms with Gasteiger partial charge in [0.25, 0.3) is 0 Å². The van der Waals surface area contributed by atoms with Gasteiger partial charge >= 0.3 is 0 Å². The van der Waals surface area contributed by atoms with Crippen molar-refractivity contribution in [3.8, 4) is 0 Å². The summed E-state index contributed by atoms with van der Waals surface area (Å²) in [5, 5.41) is 0.598. The van der Waals surface area contributed by atoms with Crippen molar-refractivity contribution in [3.63, 3.8) is 0 Å². The number of likely N-dealkylation sites (N-methyl/N-ethyl adjacent to an activating group) is 2. The zero-order valence-electron chi connectivity index (χ0n) is 12.2. The fraction of sp³-hybridized carbons (Fsp3) is 0.571. The third kappa shape index (κ3) is 3.61. The minimum atomic E-state index is 0.143. The highest BCUT2D eigenvalue weighted by Gasteiger charge is 2.26.